The minimum Gasteiger partial charge on any atom is -0.369 e. The molecular weight excluding hydrogens is 239 g/mol. The third-order valence-corrected chi connectivity index (χ3v) is 3.52. The van der Waals surface area contributed by atoms with Gasteiger partial charge in [-0.25, -0.2) is 4.39 Å². The lowest BCUT2D eigenvalue weighted by atomic mass is 10.1. The minimum atomic E-state index is -0.162. The minimum absolute atomic E-state index is 0.162. The lowest BCUT2D eigenvalue weighted by molar-refractivity contribution is 0.574. The number of hydrogen-bond donors (Lipinski definition) is 1. The Morgan fingerprint density at radius 3 is 2.42 bits per heavy atom. The Morgan fingerprint density at radius 1 is 1.21 bits per heavy atom. The van der Waals surface area contributed by atoms with Crippen molar-refractivity contribution in [2.45, 2.75) is 59.7 Å². The van der Waals surface area contributed by atoms with E-state index in [1.54, 1.807) is 12.1 Å². The van der Waals surface area contributed by atoms with Gasteiger partial charge in [0.25, 0.3) is 0 Å². The standard InChI is InChI=1S/C16H27FN2/c1-6-13(5)19(7-2)16-9-8-15(17)10-14(16)11-18-12(3)4/h8-10,12-13,18H,6-7,11H2,1-5H3. The van der Waals surface area contributed by atoms with Crippen molar-refractivity contribution in [3.63, 3.8) is 0 Å². The molecule has 0 aliphatic heterocycles. The molecule has 0 radical (unpaired) electrons. The van der Waals surface area contributed by atoms with Gasteiger partial charge in [0.05, 0.1) is 0 Å². The van der Waals surface area contributed by atoms with Crippen molar-refractivity contribution < 1.29 is 4.39 Å². The number of nitrogens with one attached hydrogen (secondary N) is 1. The summed E-state index contributed by atoms with van der Waals surface area (Å²) in [6, 6.07) is 5.97. The molecule has 3 heteroatoms. The fourth-order valence-electron chi connectivity index (χ4n) is 2.23. The highest BCUT2D eigenvalue weighted by molar-refractivity contribution is 5.54. The van der Waals surface area contributed by atoms with Crippen LogP contribution in [0.15, 0.2) is 18.2 Å². The van der Waals surface area contributed by atoms with E-state index >= 15 is 0 Å². The van der Waals surface area contributed by atoms with Crippen molar-refractivity contribution >= 4 is 5.69 Å². The summed E-state index contributed by atoms with van der Waals surface area (Å²) in [6.07, 6.45) is 1.09. The van der Waals surface area contributed by atoms with Crippen molar-refractivity contribution in [1.29, 1.82) is 0 Å². The Labute approximate surface area is 117 Å². The molecule has 0 heterocycles. The lowest BCUT2D eigenvalue weighted by Gasteiger charge is -2.31. The van der Waals surface area contributed by atoms with Crippen LogP contribution in [0.2, 0.25) is 0 Å². The summed E-state index contributed by atoms with van der Waals surface area (Å²) in [5.74, 6) is -0.162. The maximum absolute atomic E-state index is 13.5. The van der Waals surface area contributed by atoms with Crippen LogP contribution in [-0.2, 0) is 6.54 Å². The third-order valence-electron chi connectivity index (χ3n) is 3.52. The highest BCUT2D eigenvalue weighted by Crippen LogP contribution is 2.24. The van der Waals surface area contributed by atoms with E-state index in [1.807, 2.05) is 6.07 Å². The Hall–Kier alpha value is -1.09. The molecule has 1 aromatic rings. The summed E-state index contributed by atoms with van der Waals surface area (Å²) in [4.78, 5) is 2.34. The quantitative estimate of drug-likeness (QED) is 0.804. The van der Waals surface area contributed by atoms with Crippen LogP contribution in [0.1, 0.15) is 46.6 Å². The molecule has 1 aromatic carbocycles. The van der Waals surface area contributed by atoms with Gasteiger partial charge in [-0.05, 0) is 44.0 Å². The van der Waals surface area contributed by atoms with Crippen LogP contribution in [0.25, 0.3) is 0 Å². The molecule has 0 amide bonds. The maximum atomic E-state index is 13.5. The van der Waals surface area contributed by atoms with Gasteiger partial charge in [0, 0.05) is 30.9 Å². The van der Waals surface area contributed by atoms with E-state index in [1.165, 1.54) is 0 Å². The molecule has 0 saturated heterocycles. The van der Waals surface area contributed by atoms with E-state index in [9.17, 15) is 4.39 Å². The lowest BCUT2D eigenvalue weighted by Crippen LogP contribution is -2.34. The topological polar surface area (TPSA) is 15.3 Å². The predicted molar refractivity (Wildman–Crippen MR) is 81.1 cm³/mol. The van der Waals surface area contributed by atoms with Gasteiger partial charge < -0.3 is 10.2 Å². The first-order valence-electron chi connectivity index (χ1n) is 7.28. The van der Waals surface area contributed by atoms with Crippen LogP contribution in [0, 0.1) is 5.82 Å². The monoisotopic (exact) mass is 266 g/mol. The molecule has 1 unspecified atom stereocenters. The highest BCUT2D eigenvalue weighted by Gasteiger charge is 2.15. The van der Waals surface area contributed by atoms with Crippen LogP contribution in [-0.4, -0.2) is 18.6 Å². The van der Waals surface area contributed by atoms with E-state index in [-0.39, 0.29) is 5.82 Å². The second-order valence-electron chi connectivity index (χ2n) is 5.35. The summed E-state index contributed by atoms with van der Waals surface area (Å²) in [7, 11) is 0. The van der Waals surface area contributed by atoms with Gasteiger partial charge in [0.15, 0.2) is 0 Å². The molecule has 0 aliphatic rings. The average molecular weight is 266 g/mol. The van der Waals surface area contributed by atoms with E-state index in [4.69, 9.17) is 0 Å². The van der Waals surface area contributed by atoms with Gasteiger partial charge in [-0.1, -0.05) is 20.8 Å². The molecule has 0 saturated carbocycles. The van der Waals surface area contributed by atoms with Crippen LogP contribution < -0.4 is 10.2 Å². The van der Waals surface area contributed by atoms with Gasteiger partial charge in [-0.3, -0.25) is 0 Å². The Bertz CT molecular complexity index is 390. The van der Waals surface area contributed by atoms with Gasteiger partial charge in [0.2, 0.25) is 0 Å². The molecule has 19 heavy (non-hydrogen) atoms. The smallest absolute Gasteiger partial charge is 0.123 e. The molecule has 1 atom stereocenters. The first-order chi connectivity index (χ1) is 8.99. The number of hydrogen-bond acceptors (Lipinski definition) is 2. The molecule has 1 N–H and O–H groups in total. The van der Waals surface area contributed by atoms with E-state index in [2.05, 4.69) is 44.8 Å². The molecule has 0 aliphatic carbocycles. The van der Waals surface area contributed by atoms with E-state index < -0.39 is 0 Å². The zero-order valence-electron chi connectivity index (χ0n) is 12.8. The second kappa shape index (κ2) is 7.49. The summed E-state index contributed by atoms with van der Waals surface area (Å²) in [6.45, 7) is 12.4. The van der Waals surface area contributed by atoms with Gasteiger partial charge >= 0.3 is 0 Å². The molecule has 0 aromatic heterocycles. The second-order valence-corrected chi connectivity index (χ2v) is 5.35. The predicted octanol–water partition coefficient (Wildman–Crippen LogP) is 3.95. The summed E-state index contributed by atoms with van der Waals surface area (Å²) in [5, 5.41) is 3.37. The fraction of sp³-hybridized carbons (Fsp3) is 0.625. The van der Waals surface area contributed by atoms with Crippen LogP contribution >= 0.6 is 0 Å². The highest BCUT2D eigenvalue weighted by atomic mass is 19.1. The van der Waals surface area contributed by atoms with Crippen LogP contribution in [0.5, 0.6) is 0 Å². The molecule has 1 rings (SSSR count). The number of nitrogens with zero attached hydrogens (tertiary/aromatic N) is 1. The van der Waals surface area contributed by atoms with Crippen molar-refractivity contribution in [1.82, 2.24) is 5.32 Å². The van der Waals surface area contributed by atoms with E-state index in [0.717, 1.165) is 24.2 Å². The van der Waals surface area contributed by atoms with Gasteiger partial charge in [-0.2, -0.15) is 0 Å². The zero-order valence-corrected chi connectivity index (χ0v) is 12.8. The first kappa shape index (κ1) is 16.0. The zero-order chi connectivity index (χ0) is 14.4. The van der Waals surface area contributed by atoms with Crippen molar-refractivity contribution in [3.05, 3.63) is 29.6 Å². The number of benzene rings is 1. The summed E-state index contributed by atoms with van der Waals surface area (Å²) in [5.41, 5.74) is 2.18. The van der Waals surface area contributed by atoms with Crippen molar-refractivity contribution in [2.75, 3.05) is 11.4 Å². The van der Waals surface area contributed by atoms with Gasteiger partial charge in [-0.15, -0.1) is 0 Å². The largest absolute Gasteiger partial charge is 0.369 e. The first-order valence-corrected chi connectivity index (χ1v) is 7.28. The van der Waals surface area contributed by atoms with Crippen LogP contribution in [0.3, 0.4) is 0 Å². The van der Waals surface area contributed by atoms with E-state index in [0.29, 0.717) is 18.6 Å². The van der Waals surface area contributed by atoms with Crippen LogP contribution in [0.4, 0.5) is 10.1 Å². The average Bonchev–Trinajstić information content (AvgIpc) is 2.38. The SMILES string of the molecule is CCC(C)N(CC)c1ccc(F)cc1CNC(C)C. The van der Waals surface area contributed by atoms with Gasteiger partial charge in [0.1, 0.15) is 5.82 Å². The Kier molecular flexibility index (Phi) is 6.29. The summed E-state index contributed by atoms with van der Waals surface area (Å²) >= 11 is 0. The molecule has 0 bridgehead atoms. The molecule has 2 nitrogen and oxygen atoms in total. The van der Waals surface area contributed by atoms with Crippen molar-refractivity contribution in [2.24, 2.45) is 0 Å². The Morgan fingerprint density at radius 2 is 1.89 bits per heavy atom. The third kappa shape index (κ3) is 4.50. The molecule has 0 fully saturated rings. The molecule has 108 valence electrons. The number of rotatable bonds is 7. The molecule has 0 spiro atoms. The molecular formula is C16H27FN2. The number of anilines is 1. The number of halogens is 1. The maximum Gasteiger partial charge on any atom is 0.123 e. The summed E-state index contributed by atoms with van der Waals surface area (Å²) < 4.78 is 13.5. The normalized spacial score (nSPS) is 12.8. The Balaban J connectivity index is 3.03. The van der Waals surface area contributed by atoms with Crippen molar-refractivity contribution in [3.8, 4) is 0 Å². The fourth-order valence-corrected chi connectivity index (χ4v) is 2.23.